The number of carbonyl (C=O) groups is 2. The van der Waals surface area contributed by atoms with E-state index >= 15 is 0 Å². The van der Waals surface area contributed by atoms with Gasteiger partial charge >= 0.3 is 0 Å². The molecule has 0 aromatic heterocycles. The number of nitrogens with one attached hydrogen (secondary N) is 1. The number of carbonyl (C=O) groups excluding carboxylic acids is 2. The Morgan fingerprint density at radius 2 is 1.86 bits per heavy atom. The number of benzene rings is 1. The molecule has 0 aliphatic carbocycles. The lowest BCUT2D eigenvalue weighted by Gasteiger charge is -2.32. The lowest BCUT2D eigenvalue weighted by atomic mass is 10.0. The summed E-state index contributed by atoms with van der Waals surface area (Å²) in [6, 6.07) is 6.97. The normalized spacial score (nSPS) is 20.0. The largest absolute Gasteiger partial charge is 0.340 e. The lowest BCUT2D eigenvalue weighted by Crippen LogP contribution is -2.51. The summed E-state index contributed by atoms with van der Waals surface area (Å²) < 4.78 is 0. The highest BCUT2D eigenvalue weighted by Gasteiger charge is 2.36. The molecular formula is C17H24N2O2. The Hall–Kier alpha value is -1.84. The summed E-state index contributed by atoms with van der Waals surface area (Å²) in [5.74, 6) is -0.111. The van der Waals surface area contributed by atoms with Gasteiger partial charge in [0.1, 0.15) is 6.04 Å². The highest BCUT2D eigenvalue weighted by atomic mass is 16.2. The van der Waals surface area contributed by atoms with Crippen molar-refractivity contribution in [2.75, 3.05) is 4.90 Å². The number of hydrogen-bond donors (Lipinski definition) is 1. The van der Waals surface area contributed by atoms with E-state index in [1.807, 2.05) is 39.0 Å². The minimum Gasteiger partial charge on any atom is -0.340 e. The van der Waals surface area contributed by atoms with Crippen molar-refractivity contribution < 1.29 is 9.59 Å². The molecule has 0 bridgehead atoms. The van der Waals surface area contributed by atoms with Crippen molar-refractivity contribution in [3.8, 4) is 0 Å². The van der Waals surface area contributed by atoms with Gasteiger partial charge in [-0.3, -0.25) is 9.59 Å². The molecule has 114 valence electrons. The zero-order valence-electron chi connectivity index (χ0n) is 13.2. The Kier molecular flexibility index (Phi) is 4.66. The van der Waals surface area contributed by atoms with Crippen LogP contribution < -0.4 is 10.2 Å². The third kappa shape index (κ3) is 2.94. The first-order valence-corrected chi connectivity index (χ1v) is 7.70. The van der Waals surface area contributed by atoms with Crippen molar-refractivity contribution in [3.63, 3.8) is 0 Å². The van der Waals surface area contributed by atoms with Gasteiger partial charge in [0.15, 0.2) is 0 Å². The van der Waals surface area contributed by atoms with Crippen molar-refractivity contribution in [3.05, 3.63) is 29.8 Å². The number of hydrogen-bond acceptors (Lipinski definition) is 2. The summed E-state index contributed by atoms with van der Waals surface area (Å²) in [6.07, 6.45) is 1.92. The number of anilines is 1. The molecule has 0 saturated heterocycles. The number of para-hydroxylation sites is 1. The molecule has 1 aliphatic rings. The summed E-state index contributed by atoms with van der Waals surface area (Å²) in [5.41, 5.74) is 1.31. The monoisotopic (exact) mass is 288 g/mol. The van der Waals surface area contributed by atoms with Crippen LogP contribution in [0.1, 0.15) is 50.9 Å². The van der Waals surface area contributed by atoms with Gasteiger partial charge in [-0.25, -0.2) is 0 Å². The molecule has 1 N–H and O–H groups in total. The van der Waals surface area contributed by atoms with Crippen LogP contribution >= 0.6 is 0 Å². The van der Waals surface area contributed by atoms with Crippen molar-refractivity contribution in [1.82, 2.24) is 5.32 Å². The van der Waals surface area contributed by atoms with Gasteiger partial charge in [-0.1, -0.05) is 39.3 Å². The Bertz CT molecular complexity index is 539. The maximum atomic E-state index is 12.9. The first-order valence-electron chi connectivity index (χ1n) is 7.70. The SMILES string of the molecule is CCCC(C)N1C(=O)C(C(C)C)NC(=O)c2ccccc21. The van der Waals surface area contributed by atoms with E-state index in [9.17, 15) is 9.59 Å². The molecule has 4 heteroatoms. The van der Waals surface area contributed by atoms with Crippen molar-refractivity contribution >= 4 is 17.5 Å². The van der Waals surface area contributed by atoms with Gasteiger partial charge in [0.05, 0.1) is 11.3 Å². The third-order valence-corrected chi connectivity index (χ3v) is 4.01. The highest BCUT2D eigenvalue weighted by molar-refractivity contribution is 6.11. The molecule has 1 heterocycles. The second-order valence-electron chi connectivity index (χ2n) is 6.06. The van der Waals surface area contributed by atoms with E-state index in [1.54, 1.807) is 11.0 Å². The number of rotatable bonds is 4. The summed E-state index contributed by atoms with van der Waals surface area (Å²) in [5, 5.41) is 2.88. The van der Waals surface area contributed by atoms with E-state index in [2.05, 4.69) is 12.2 Å². The molecule has 2 rings (SSSR count). The molecular weight excluding hydrogens is 264 g/mol. The van der Waals surface area contributed by atoms with E-state index in [1.165, 1.54) is 0 Å². The predicted molar refractivity (Wildman–Crippen MR) is 84.4 cm³/mol. The van der Waals surface area contributed by atoms with E-state index < -0.39 is 6.04 Å². The predicted octanol–water partition coefficient (Wildman–Crippen LogP) is 2.98. The van der Waals surface area contributed by atoms with Gasteiger partial charge in [-0.15, -0.1) is 0 Å². The topological polar surface area (TPSA) is 49.4 Å². The maximum absolute atomic E-state index is 12.9. The van der Waals surface area contributed by atoms with Crippen LogP contribution in [0.3, 0.4) is 0 Å². The maximum Gasteiger partial charge on any atom is 0.254 e. The van der Waals surface area contributed by atoms with Crippen LogP contribution in [0.2, 0.25) is 0 Å². The number of fused-ring (bicyclic) bond motifs is 1. The van der Waals surface area contributed by atoms with Crippen LogP contribution in [-0.4, -0.2) is 23.9 Å². The minimum atomic E-state index is -0.468. The van der Waals surface area contributed by atoms with E-state index in [-0.39, 0.29) is 23.8 Å². The molecule has 0 radical (unpaired) electrons. The zero-order valence-corrected chi connectivity index (χ0v) is 13.2. The van der Waals surface area contributed by atoms with Crippen molar-refractivity contribution in [2.24, 2.45) is 5.92 Å². The molecule has 2 atom stereocenters. The minimum absolute atomic E-state index is 0.00995. The van der Waals surface area contributed by atoms with E-state index in [4.69, 9.17) is 0 Å². The molecule has 1 aliphatic heterocycles. The van der Waals surface area contributed by atoms with E-state index in [0.29, 0.717) is 5.56 Å². The van der Waals surface area contributed by atoms with Gasteiger partial charge in [-0.2, -0.15) is 0 Å². The van der Waals surface area contributed by atoms with Gasteiger partial charge in [-0.05, 0) is 31.4 Å². The second kappa shape index (κ2) is 6.29. The first-order chi connectivity index (χ1) is 9.97. The summed E-state index contributed by atoms with van der Waals surface area (Å²) >= 11 is 0. The molecule has 0 spiro atoms. The van der Waals surface area contributed by atoms with Crippen LogP contribution in [0.5, 0.6) is 0 Å². The average molecular weight is 288 g/mol. The molecule has 1 aromatic carbocycles. The standard InChI is InChI=1S/C17H24N2O2/c1-5-8-12(4)19-14-10-7-6-9-13(14)16(20)18-15(11(2)3)17(19)21/h6-7,9-12,15H,5,8H2,1-4H3,(H,18,20). The molecule has 4 nitrogen and oxygen atoms in total. The zero-order chi connectivity index (χ0) is 15.6. The number of amides is 2. The van der Waals surface area contributed by atoms with Crippen LogP contribution in [0, 0.1) is 5.92 Å². The summed E-state index contributed by atoms with van der Waals surface area (Å²) in [6.45, 7) is 8.07. The summed E-state index contributed by atoms with van der Waals surface area (Å²) in [4.78, 5) is 27.1. The molecule has 0 fully saturated rings. The van der Waals surface area contributed by atoms with Gasteiger partial charge in [0.2, 0.25) is 5.91 Å². The van der Waals surface area contributed by atoms with Crippen LogP contribution in [-0.2, 0) is 4.79 Å². The van der Waals surface area contributed by atoms with Crippen LogP contribution in [0.4, 0.5) is 5.69 Å². The molecule has 2 unspecified atom stereocenters. The average Bonchev–Trinajstić information content (AvgIpc) is 2.55. The fraction of sp³-hybridized carbons (Fsp3) is 0.529. The second-order valence-corrected chi connectivity index (χ2v) is 6.06. The lowest BCUT2D eigenvalue weighted by molar-refractivity contribution is -0.121. The van der Waals surface area contributed by atoms with Crippen LogP contribution in [0.15, 0.2) is 24.3 Å². The fourth-order valence-electron chi connectivity index (χ4n) is 2.88. The number of nitrogens with zero attached hydrogens (tertiary/aromatic N) is 1. The first kappa shape index (κ1) is 15.5. The quantitative estimate of drug-likeness (QED) is 0.926. The Labute approximate surface area is 126 Å². The Balaban J connectivity index is 2.53. The Morgan fingerprint density at radius 3 is 2.48 bits per heavy atom. The molecule has 0 saturated carbocycles. The van der Waals surface area contributed by atoms with Gasteiger partial charge < -0.3 is 10.2 Å². The summed E-state index contributed by atoms with van der Waals surface area (Å²) in [7, 11) is 0. The van der Waals surface area contributed by atoms with Crippen molar-refractivity contribution in [2.45, 2.75) is 52.6 Å². The van der Waals surface area contributed by atoms with Crippen molar-refractivity contribution in [1.29, 1.82) is 0 Å². The van der Waals surface area contributed by atoms with Gasteiger partial charge in [0, 0.05) is 6.04 Å². The third-order valence-electron chi connectivity index (χ3n) is 4.01. The molecule has 1 aromatic rings. The van der Waals surface area contributed by atoms with Gasteiger partial charge in [0.25, 0.3) is 5.91 Å². The van der Waals surface area contributed by atoms with Crippen LogP contribution in [0.25, 0.3) is 0 Å². The molecule has 2 amide bonds. The highest BCUT2D eigenvalue weighted by Crippen LogP contribution is 2.28. The molecule has 21 heavy (non-hydrogen) atoms. The Morgan fingerprint density at radius 1 is 1.19 bits per heavy atom. The van der Waals surface area contributed by atoms with E-state index in [0.717, 1.165) is 18.5 Å². The smallest absolute Gasteiger partial charge is 0.254 e. The fourth-order valence-corrected chi connectivity index (χ4v) is 2.88.